The van der Waals surface area contributed by atoms with Crippen molar-refractivity contribution in [3.05, 3.63) is 35.2 Å². The minimum atomic E-state index is -0.365. The lowest BCUT2D eigenvalue weighted by Crippen LogP contribution is -1.84. The van der Waals surface area contributed by atoms with Gasteiger partial charge in [-0.2, -0.15) is 0 Å². The fraction of sp³-hybridized carbons (Fsp3) is 0.273. The van der Waals surface area contributed by atoms with Gasteiger partial charge >= 0.3 is 0 Å². The Hall–Kier alpha value is -1.02. The van der Waals surface area contributed by atoms with Crippen LogP contribution in [0.3, 0.4) is 0 Å². The third kappa shape index (κ3) is 1.90. The van der Waals surface area contributed by atoms with Gasteiger partial charge in [-0.15, -0.1) is 0 Å². The van der Waals surface area contributed by atoms with Crippen molar-refractivity contribution in [1.82, 2.24) is 4.57 Å². The van der Waals surface area contributed by atoms with E-state index in [0.29, 0.717) is 0 Å². The van der Waals surface area contributed by atoms with Gasteiger partial charge in [-0.1, -0.05) is 25.4 Å². The van der Waals surface area contributed by atoms with E-state index >= 15 is 0 Å². The van der Waals surface area contributed by atoms with Crippen molar-refractivity contribution in [2.45, 2.75) is 13.8 Å². The molecule has 0 spiro atoms. The molecule has 0 radical (unpaired) electrons. The summed E-state index contributed by atoms with van der Waals surface area (Å²) in [7, 11) is 1.90. The summed E-state index contributed by atoms with van der Waals surface area (Å²) in [5, 5.41) is 1.05. The summed E-state index contributed by atoms with van der Waals surface area (Å²) >= 11 is 5.63. The summed E-state index contributed by atoms with van der Waals surface area (Å²) in [6, 6.07) is 4.93. The van der Waals surface area contributed by atoms with Crippen molar-refractivity contribution in [3.8, 4) is 0 Å². The predicted molar refractivity (Wildman–Crippen MR) is 59.2 cm³/mol. The molecule has 0 atom stereocenters. The summed E-state index contributed by atoms with van der Waals surface area (Å²) in [5.74, 6) is -0.365. The fourth-order valence-electron chi connectivity index (χ4n) is 1.26. The highest BCUT2D eigenvalue weighted by molar-refractivity contribution is 6.31. The Bertz CT molecular complexity index is 434. The summed E-state index contributed by atoms with van der Waals surface area (Å²) in [5.41, 5.74) is 0.946. The standard InChI is InChI=1S/C9H7ClFN.C2H6/c1-12-3-2-6-4-8(11)7(10)5-9(6)12;1-2/h2-5H,1H3;1-2H3. The first-order chi connectivity index (χ1) is 6.68. The Balaban J connectivity index is 0.000000461. The average Bonchev–Trinajstić information content (AvgIpc) is 2.53. The van der Waals surface area contributed by atoms with Crippen LogP contribution >= 0.6 is 11.6 Å². The van der Waals surface area contributed by atoms with E-state index in [0.717, 1.165) is 10.9 Å². The predicted octanol–water partition coefficient (Wildman–Crippen LogP) is 4.00. The molecule has 3 heteroatoms. The van der Waals surface area contributed by atoms with Gasteiger partial charge in [0.1, 0.15) is 5.82 Å². The molecule has 0 N–H and O–H groups in total. The SMILES string of the molecule is CC.Cn1ccc2cc(F)c(Cl)cc21. The molecule has 0 aliphatic carbocycles. The Kier molecular flexibility index (Phi) is 3.53. The van der Waals surface area contributed by atoms with Crippen LogP contribution in [-0.4, -0.2) is 4.57 Å². The Morgan fingerprint density at radius 1 is 1.29 bits per heavy atom. The molecular formula is C11H13ClFN. The van der Waals surface area contributed by atoms with Crippen LogP contribution < -0.4 is 0 Å². The van der Waals surface area contributed by atoms with Gasteiger partial charge in [0, 0.05) is 24.1 Å². The minimum Gasteiger partial charge on any atom is -0.351 e. The molecular weight excluding hydrogens is 201 g/mol. The van der Waals surface area contributed by atoms with Crippen LogP contribution in [0.15, 0.2) is 24.4 Å². The summed E-state index contributed by atoms with van der Waals surface area (Å²) < 4.78 is 14.8. The molecule has 0 amide bonds. The molecule has 0 bridgehead atoms. The molecule has 1 heterocycles. The molecule has 0 aliphatic heterocycles. The number of rotatable bonds is 0. The molecule has 2 rings (SSSR count). The van der Waals surface area contributed by atoms with E-state index in [1.54, 1.807) is 6.07 Å². The molecule has 1 aromatic heterocycles. The van der Waals surface area contributed by atoms with Gasteiger partial charge in [-0.05, 0) is 18.2 Å². The maximum atomic E-state index is 12.9. The van der Waals surface area contributed by atoms with E-state index in [4.69, 9.17) is 11.6 Å². The van der Waals surface area contributed by atoms with Crippen molar-refractivity contribution in [2.75, 3.05) is 0 Å². The molecule has 1 nitrogen and oxygen atoms in total. The van der Waals surface area contributed by atoms with Gasteiger partial charge in [-0.3, -0.25) is 0 Å². The van der Waals surface area contributed by atoms with Crippen LogP contribution in [0.5, 0.6) is 0 Å². The zero-order chi connectivity index (χ0) is 10.7. The topological polar surface area (TPSA) is 4.93 Å². The van der Waals surface area contributed by atoms with Crippen LogP contribution in [0.2, 0.25) is 5.02 Å². The average molecular weight is 214 g/mol. The number of hydrogen-bond acceptors (Lipinski definition) is 0. The van der Waals surface area contributed by atoms with E-state index < -0.39 is 0 Å². The minimum absolute atomic E-state index is 0.171. The first-order valence-corrected chi connectivity index (χ1v) is 4.96. The maximum Gasteiger partial charge on any atom is 0.142 e. The van der Waals surface area contributed by atoms with Crippen LogP contribution in [0.25, 0.3) is 10.9 Å². The molecule has 76 valence electrons. The second-order valence-electron chi connectivity index (χ2n) is 2.75. The van der Waals surface area contributed by atoms with Crippen molar-refractivity contribution >= 4 is 22.5 Å². The second-order valence-corrected chi connectivity index (χ2v) is 3.16. The lowest BCUT2D eigenvalue weighted by atomic mass is 10.2. The fourth-order valence-corrected chi connectivity index (χ4v) is 1.42. The van der Waals surface area contributed by atoms with E-state index in [9.17, 15) is 4.39 Å². The number of benzene rings is 1. The Morgan fingerprint density at radius 2 is 1.93 bits per heavy atom. The number of aryl methyl sites for hydroxylation is 1. The normalized spacial score (nSPS) is 9.79. The third-order valence-electron chi connectivity index (χ3n) is 1.93. The van der Waals surface area contributed by atoms with Gasteiger partial charge in [0.25, 0.3) is 0 Å². The number of aromatic nitrogens is 1. The zero-order valence-corrected chi connectivity index (χ0v) is 9.27. The molecule has 0 saturated heterocycles. The highest BCUT2D eigenvalue weighted by Crippen LogP contribution is 2.22. The molecule has 0 aliphatic rings. The van der Waals surface area contributed by atoms with Crippen molar-refractivity contribution in [2.24, 2.45) is 7.05 Å². The highest BCUT2D eigenvalue weighted by Gasteiger charge is 2.03. The quantitative estimate of drug-likeness (QED) is 0.624. The van der Waals surface area contributed by atoms with Crippen LogP contribution in [0.4, 0.5) is 4.39 Å². The molecule has 2 aromatic rings. The number of halogens is 2. The molecule has 0 fully saturated rings. The van der Waals surface area contributed by atoms with E-state index in [1.165, 1.54) is 6.07 Å². The van der Waals surface area contributed by atoms with E-state index in [-0.39, 0.29) is 10.8 Å². The number of hydrogen-bond donors (Lipinski definition) is 0. The maximum absolute atomic E-state index is 12.9. The second kappa shape index (κ2) is 4.47. The van der Waals surface area contributed by atoms with Crippen LogP contribution in [0.1, 0.15) is 13.8 Å². The lowest BCUT2D eigenvalue weighted by molar-refractivity contribution is 0.630. The van der Waals surface area contributed by atoms with Gasteiger partial charge in [0.2, 0.25) is 0 Å². The van der Waals surface area contributed by atoms with Gasteiger partial charge in [0.05, 0.1) is 5.02 Å². The van der Waals surface area contributed by atoms with Crippen molar-refractivity contribution in [1.29, 1.82) is 0 Å². The third-order valence-corrected chi connectivity index (χ3v) is 2.22. The monoisotopic (exact) mass is 213 g/mol. The van der Waals surface area contributed by atoms with Crippen molar-refractivity contribution in [3.63, 3.8) is 0 Å². The zero-order valence-electron chi connectivity index (χ0n) is 8.51. The lowest BCUT2D eigenvalue weighted by Gasteiger charge is -1.97. The molecule has 1 aromatic carbocycles. The van der Waals surface area contributed by atoms with Gasteiger partial charge < -0.3 is 4.57 Å². The van der Waals surface area contributed by atoms with E-state index in [1.807, 2.05) is 37.7 Å². The van der Waals surface area contributed by atoms with E-state index in [2.05, 4.69) is 0 Å². The number of nitrogens with zero attached hydrogens (tertiary/aromatic N) is 1. The summed E-state index contributed by atoms with van der Waals surface area (Å²) in [6.45, 7) is 4.00. The van der Waals surface area contributed by atoms with Crippen LogP contribution in [-0.2, 0) is 7.05 Å². The molecule has 0 saturated carbocycles. The largest absolute Gasteiger partial charge is 0.351 e. The molecule has 14 heavy (non-hydrogen) atoms. The Labute approximate surface area is 88.1 Å². The van der Waals surface area contributed by atoms with Crippen molar-refractivity contribution < 1.29 is 4.39 Å². The number of fused-ring (bicyclic) bond motifs is 1. The summed E-state index contributed by atoms with van der Waals surface area (Å²) in [6.07, 6.45) is 1.88. The highest BCUT2D eigenvalue weighted by atomic mass is 35.5. The first kappa shape index (κ1) is 11.1. The summed E-state index contributed by atoms with van der Waals surface area (Å²) in [4.78, 5) is 0. The smallest absolute Gasteiger partial charge is 0.142 e. The van der Waals surface area contributed by atoms with Gasteiger partial charge in [-0.25, -0.2) is 4.39 Å². The van der Waals surface area contributed by atoms with Gasteiger partial charge in [0.15, 0.2) is 0 Å². The Morgan fingerprint density at radius 3 is 2.57 bits per heavy atom. The molecule has 0 unspecified atom stereocenters. The first-order valence-electron chi connectivity index (χ1n) is 4.58. The van der Waals surface area contributed by atoms with Crippen LogP contribution in [0, 0.1) is 5.82 Å².